The molecule has 0 radical (unpaired) electrons. The molecular formula is C13H21NO. The molecule has 0 saturated heterocycles. The van der Waals surface area contributed by atoms with Gasteiger partial charge in [-0.1, -0.05) is 37.1 Å². The Morgan fingerprint density at radius 2 is 1.60 bits per heavy atom. The highest BCUT2D eigenvalue weighted by molar-refractivity contribution is 5.26. The summed E-state index contributed by atoms with van der Waals surface area (Å²) < 4.78 is 0. The Balaban J connectivity index is 2.30. The van der Waals surface area contributed by atoms with Crippen LogP contribution in [0.15, 0.2) is 24.3 Å². The molecular weight excluding hydrogens is 186 g/mol. The van der Waals surface area contributed by atoms with Crippen molar-refractivity contribution in [1.82, 2.24) is 0 Å². The molecule has 15 heavy (non-hydrogen) atoms. The third kappa shape index (κ3) is 4.45. The highest BCUT2D eigenvalue weighted by Gasteiger charge is 1.99. The van der Waals surface area contributed by atoms with Crippen molar-refractivity contribution >= 4 is 0 Å². The molecule has 0 aliphatic heterocycles. The van der Waals surface area contributed by atoms with Gasteiger partial charge in [0.15, 0.2) is 0 Å². The fraction of sp³-hybridized carbons (Fsp3) is 0.538. The van der Waals surface area contributed by atoms with Crippen molar-refractivity contribution in [2.45, 2.75) is 38.6 Å². The van der Waals surface area contributed by atoms with Crippen molar-refractivity contribution in [3.8, 4) is 0 Å². The lowest BCUT2D eigenvalue weighted by atomic mass is 10.0. The summed E-state index contributed by atoms with van der Waals surface area (Å²) >= 11 is 0. The molecule has 84 valence electrons. The number of hydrogen-bond acceptors (Lipinski definition) is 2. The lowest BCUT2D eigenvalue weighted by molar-refractivity contribution is 0.282. The van der Waals surface area contributed by atoms with Crippen LogP contribution < -0.4 is 5.73 Å². The summed E-state index contributed by atoms with van der Waals surface area (Å²) in [4.78, 5) is 0. The summed E-state index contributed by atoms with van der Waals surface area (Å²) in [6.07, 6.45) is 5.55. The van der Waals surface area contributed by atoms with E-state index in [2.05, 4.69) is 18.2 Å². The first kappa shape index (κ1) is 12.2. The lowest BCUT2D eigenvalue weighted by Crippen LogP contribution is -2.01. The van der Waals surface area contributed by atoms with Gasteiger partial charge >= 0.3 is 0 Å². The van der Waals surface area contributed by atoms with Crippen molar-refractivity contribution < 1.29 is 5.11 Å². The number of unbranched alkanes of at least 4 members (excludes halogenated alkanes) is 3. The Kier molecular flexibility index (Phi) is 6.05. The zero-order chi connectivity index (χ0) is 10.9. The topological polar surface area (TPSA) is 46.2 Å². The van der Waals surface area contributed by atoms with Crippen LogP contribution in [-0.2, 0) is 13.0 Å². The van der Waals surface area contributed by atoms with Gasteiger partial charge < -0.3 is 10.8 Å². The van der Waals surface area contributed by atoms with Crippen molar-refractivity contribution in [3.63, 3.8) is 0 Å². The zero-order valence-corrected chi connectivity index (χ0v) is 9.28. The van der Waals surface area contributed by atoms with E-state index >= 15 is 0 Å². The maximum Gasteiger partial charge on any atom is 0.0431 e. The van der Waals surface area contributed by atoms with E-state index in [4.69, 9.17) is 10.8 Å². The minimum Gasteiger partial charge on any atom is -0.396 e. The van der Waals surface area contributed by atoms with Crippen LogP contribution in [0.3, 0.4) is 0 Å². The van der Waals surface area contributed by atoms with Crippen molar-refractivity contribution in [2.24, 2.45) is 5.73 Å². The summed E-state index contributed by atoms with van der Waals surface area (Å²) in [5.41, 5.74) is 8.31. The number of aryl methyl sites for hydroxylation is 1. The fourth-order valence-corrected chi connectivity index (χ4v) is 1.78. The van der Waals surface area contributed by atoms with E-state index in [9.17, 15) is 0 Å². The molecule has 0 fully saturated rings. The first-order valence-corrected chi connectivity index (χ1v) is 5.76. The van der Waals surface area contributed by atoms with Gasteiger partial charge in [0.1, 0.15) is 0 Å². The summed E-state index contributed by atoms with van der Waals surface area (Å²) in [7, 11) is 0. The predicted octanol–water partition coefficient (Wildman–Crippen LogP) is 2.24. The molecule has 0 spiro atoms. The lowest BCUT2D eigenvalue weighted by Gasteiger charge is -2.06. The monoisotopic (exact) mass is 207 g/mol. The maximum absolute atomic E-state index is 8.65. The number of benzene rings is 1. The Labute approximate surface area is 92.1 Å². The van der Waals surface area contributed by atoms with Gasteiger partial charge in [0.25, 0.3) is 0 Å². The van der Waals surface area contributed by atoms with Gasteiger partial charge in [-0.25, -0.2) is 0 Å². The van der Waals surface area contributed by atoms with Crippen molar-refractivity contribution in [1.29, 1.82) is 0 Å². The molecule has 3 N–H and O–H groups in total. The second-order valence-corrected chi connectivity index (χ2v) is 3.86. The fourth-order valence-electron chi connectivity index (χ4n) is 1.78. The second kappa shape index (κ2) is 7.43. The number of aliphatic hydroxyl groups excluding tert-OH is 1. The van der Waals surface area contributed by atoms with Crippen LogP contribution in [-0.4, -0.2) is 11.7 Å². The van der Waals surface area contributed by atoms with Gasteiger partial charge in [0.2, 0.25) is 0 Å². The Morgan fingerprint density at radius 1 is 0.933 bits per heavy atom. The molecule has 1 aromatic rings. The van der Waals surface area contributed by atoms with Gasteiger partial charge in [-0.2, -0.15) is 0 Å². The molecule has 0 aromatic heterocycles. The second-order valence-electron chi connectivity index (χ2n) is 3.86. The normalized spacial score (nSPS) is 10.5. The summed E-state index contributed by atoms with van der Waals surface area (Å²) in [5, 5.41) is 8.65. The molecule has 0 unspecified atom stereocenters. The third-order valence-corrected chi connectivity index (χ3v) is 2.69. The van der Waals surface area contributed by atoms with Crippen LogP contribution in [0.1, 0.15) is 36.8 Å². The van der Waals surface area contributed by atoms with Crippen molar-refractivity contribution in [2.75, 3.05) is 6.61 Å². The minimum atomic E-state index is 0.319. The quantitative estimate of drug-likeness (QED) is 0.674. The molecule has 0 atom stereocenters. The first-order chi connectivity index (χ1) is 7.38. The average molecular weight is 207 g/mol. The van der Waals surface area contributed by atoms with Gasteiger partial charge in [-0.05, 0) is 30.4 Å². The van der Waals surface area contributed by atoms with E-state index in [0.29, 0.717) is 13.2 Å². The first-order valence-electron chi connectivity index (χ1n) is 5.76. The molecule has 0 saturated carbocycles. The third-order valence-electron chi connectivity index (χ3n) is 2.69. The largest absolute Gasteiger partial charge is 0.396 e. The van der Waals surface area contributed by atoms with Crippen LogP contribution in [0.25, 0.3) is 0 Å². The van der Waals surface area contributed by atoms with E-state index in [0.717, 1.165) is 19.3 Å². The molecule has 2 nitrogen and oxygen atoms in total. The van der Waals surface area contributed by atoms with E-state index in [-0.39, 0.29) is 0 Å². The van der Waals surface area contributed by atoms with E-state index in [1.54, 1.807) is 0 Å². The Hall–Kier alpha value is -0.860. The van der Waals surface area contributed by atoms with Crippen LogP contribution in [0.2, 0.25) is 0 Å². The number of hydrogen-bond donors (Lipinski definition) is 2. The van der Waals surface area contributed by atoms with Crippen LogP contribution in [0.4, 0.5) is 0 Å². The number of rotatable bonds is 7. The average Bonchev–Trinajstić information content (AvgIpc) is 2.29. The standard InChI is InChI=1S/C13H21NO/c14-11-13-9-5-4-8-12(13)7-3-1-2-6-10-15/h4-5,8-9,15H,1-3,6-7,10-11,14H2. The van der Waals surface area contributed by atoms with Gasteiger partial charge in [0.05, 0.1) is 0 Å². The van der Waals surface area contributed by atoms with E-state index in [1.165, 1.54) is 24.0 Å². The van der Waals surface area contributed by atoms with E-state index in [1.807, 2.05) is 6.07 Å². The number of nitrogens with two attached hydrogens (primary N) is 1. The smallest absolute Gasteiger partial charge is 0.0431 e. The van der Waals surface area contributed by atoms with Gasteiger partial charge in [-0.15, -0.1) is 0 Å². The van der Waals surface area contributed by atoms with Crippen LogP contribution in [0.5, 0.6) is 0 Å². The summed E-state index contributed by atoms with van der Waals surface area (Å²) in [6, 6.07) is 8.37. The van der Waals surface area contributed by atoms with Crippen molar-refractivity contribution in [3.05, 3.63) is 35.4 Å². The zero-order valence-electron chi connectivity index (χ0n) is 9.28. The van der Waals surface area contributed by atoms with E-state index < -0.39 is 0 Å². The molecule has 0 aliphatic rings. The Morgan fingerprint density at radius 3 is 2.27 bits per heavy atom. The molecule has 1 rings (SSSR count). The molecule has 2 heteroatoms. The minimum absolute atomic E-state index is 0.319. The highest BCUT2D eigenvalue weighted by Crippen LogP contribution is 2.12. The molecule has 0 amide bonds. The van der Waals surface area contributed by atoms with Gasteiger partial charge in [-0.3, -0.25) is 0 Å². The summed E-state index contributed by atoms with van der Waals surface area (Å²) in [6.45, 7) is 0.951. The highest BCUT2D eigenvalue weighted by atomic mass is 16.2. The molecule has 1 aromatic carbocycles. The predicted molar refractivity (Wildman–Crippen MR) is 63.6 cm³/mol. The number of aliphatic hydroxyl groups is 1. The SMILES string of the molecule is NCc1ccccc1CCCCCCO. The maximum atomic E-state index is 8.65. The summed E-state index contributed by atoms with van der Waals surface area (Å²) in [5.74, 6) is 0. The Bertz CT molecular complexity index is 273. The molecule has 0 heterocycles. The molecule has 0 aliphatic carbocycles. The molecule has 0 bridgehead atoms. The van der Waals surface area contributed by atoms with Crippen LogP contribution in [0, 0.1) is 0 Å². The van der Waals surface area contributed by atoms with Crippen LogP contribution >= 0.6 is 0 Å². The van der Waals surface area contributed by atoms with Gasteiger partial charge in [0, 0.05) is 13.2 Å².